The molecule has 0 saturated heterocycles. The molecule has 23 heavy (non-hydrogen) atoms. The topological polar surface area (TPSA) is 56.8 Å². The van der Waals surface area contributed by atoms with Gasteiger partial charge in [0.05, 0.1) is 6.10 Å². The summed E-state index contributed by atoms with van der Waals surface area (Å²) in [6, 6.07) is 12.8. The highest BCUT2D eigenvalue weighted by atomic mass is 16.7. The predicted molar refractivity (Wildman–Crippen MR) is 85.9 cm³/mol. The predicted octanol–water partition coefficient (Wildman–Crippen LogP) is 3.13. The molecular weight excluding hydrogens is 294 g/mol. The molecule has 5 nitrogen and oxygen atoms in total. The first-order chi connectivity index (χ1) is 11.1. The van der Waals surface area contributed by atoms with Crippen LogP contribution in [0.5, 0.6) is 17.2 Å². The van der Waals surface area contributed by atoms with E-state index in [2.05, 4.69) is 5.32 Å². The largest absolute Gasteiger partial charge is 0.491 e. The number of fused-ring (bicyclic) bond motifs is 1. The Morgan fingerprint density at radius 2 is 1.87 bits per heavy atom. The molecule has 0 fully saturated rings. The molecule has 3 rings (SSSR count). The average molecular weight is 313 g/mol. The van der Waals surface area contributed by atoms with Crippen LogP contribution in [0.3, 0.4) is 0 Å². The Bertz CT molecular complexity index is 695. The summed E-state index contributed by atoms with van der Waals surface area (Å²) in [7, 11) is 0. The van der Waals surface area contributed by atoms with Gasteiger partial charge < -0.3 is 19.5 Å². The second-order valence-corrected chi connectivity index (χ2v) is 5.56. The van der Waals surface area contributed by atoms with Gasteiger partial charge in [-0.25, -0.2) is 0 Å². The van der Waals surface area contributed by atoms with Crippen LogP contribution in [0.1, 0.15) is 29.8 Å². The lowest BCUT2D eigenvalue weighted by atomic mass is 10.1. The molecule has 2 aromatic carbocycles. The molecule has 0 spiro atoms. The van der Waals surface area contributed by atoms with Crippen LogP contribution >= 0.6 is 0 Å². The van der Waals surface area contributed by atoms with Gasteiger partial charge in [-0.2, -0.15) is 0 Å². The summed E-state index contributed by atoms with van der Waals surface area (Å²) in [5.74, 6) is 2.08. The molecule has 1 N–H and O–H groups in total. The normalized spacial score (nSPS) is 12.3. The number of hydrogen-bond acceptors (Lipinski definition) is 4. The van der Waals surface area contributed by atoms with Crippen LogP contribution in [0.4, 0.5) is 0 Å². The number of carbonyl (C=O) groups excluding carboxylic acids is 1. The number of carbonyl (C=O) groups is 1. The van der Waals surface area contributed by atoms with Crippen molar-refractivity contribution in [1.29, 1.82) is 0 Å². The summed E-state index contributed by atoms with van der Waals surface area (Å²) in [4.78, 5) is 12.2. The van der Waals surface area contributed by atoms with Crippen LogP contribution in [0.15, 0.2) is 42.5 Å². The van der Waals surface area contributed by atoms with Gasteiger partial charge in [0, 0.05) is 12.1 Å². The second-order valence-electron chi connectivity index (χ2n) is 5.56. The Hall–Kier alpha value is -2.69. The highest BCUT2D eigenvalue weighted by Crippen LogP contribution is 2.32. The zero-order valence-corrected chi connectivity index (χ0v) is 13.2. The lowest BCUT2D eigenvalue weighted by Crippen LogP contribution is -2.22. The van der Waals surface area contributed by atoms with Gasteiger partial charge in [-0.3, -0.25) is 4.79 Å². The first-order valence-corrected chi connectivity index (χ1v) is 7.55. The summed E-state index contributed by atoms with van der Waals surface area (Å²) in [6.07, 6.45) is 0.112. The van der Waals surface area contributed by atoms with Gasteiger partial charge >= 0.3 is 0 Å². The van der Waals surface area contributed by atoms with E-state index >= 15 is 0 Å². The SMILES string of the molecule is CC(C)Oc1ccc(C(=O)NCc2ccc3c(c2)OCO3)cc1. The number of hydrogen-bond donors (Lipinski definition) is 1. The number of benzene rings is 2. The van der Waals surface area contributed by atoms with Gasteiger partial charge in [-0.1, -0.05) is 6.07 Å². The summed E-state index contributed by atoms with van der Waals surface area (Å²) in [5.41, 5.74) is 1.56. The molecule has 1 amide bonds. The zero-order chi connectivity index (χ0) is 16.2. The maximum Gasteiger partial charge on any atom is 0.251 e. The van der Waals surface area contributed by atoms with Crippen molar-refractivity contribution < 1.29 is 19.0 Å². The van der Waals surface area contributed by atoms with E-state index in [1.165, 1.54) is 0 Å². The van der Waals surface area contributed by atoms with Crippen molar-refractivity contribution in [2.45, 2.75) is 26.5 Å². The van der Waals surface area contributed by atoms with Crippen LogP contribution in [0.25, 0.3) is 0 Å². The first kappa shape index (κ1) is 15.2. The highest BCUT2D eigenvalue weighted by molar-refractivity contribution is 5.94. The average Bonchev–Trinajstić information content (AvgIpc) is 3.00. The van der Waals surface area contributed by atoms with Crippen LogP contribution in [0.2, 0.25) is 0 Å². The minimum atomic E-state index is -0.126. The van der Waals surface area contributed by atoms with Gasteiger partial charge in [0.2, 0.25) is 6.79 Å². The Kier molecular flexibility index (Phi) is 4.37. The first-order valence-electron chi connectivity index (χ1n) is 7.55. The maximum atomic E-state index is 12.2. The minimum Gasteiger partial charge on any atom is -0.491 e. The van der Waals surface area contributed by atoms with Gasteiger partial charge in [0.15, 0.2) is 11.5 Å². The fraction of sp³-hybridized carbons (Fsp3) is 0.278. The molecule has 1 heterocycles. The van der Waals surface area contributed by atoms with Crippen molar-refractivity contribution in [2.24, 2.45) is 0 Å². The van der Waals surface area contributed by atoms with Gasteiger partial charge in [-0.05, 0) is 55.8 Å². The van der Waals surface area contributed by atoms with Crippen molar-refractivity contribution in [3.63, 3.8) is 0 Å². The minimum absolute atomic E-state index is 0.112. The molecular formula is C18H19NO4. The molecule has 0 saturated carbocycles. The number of rotatable bonds is 5. The van der Waals surface area contributed by atoms with Crippen LogP contribution < -0.4 is 19.5 Å². The third-order valence-electron chi connectivity index (χ3n) is 3.38. The molecule has 5 heteroatoms. The van der Waals surface area contributed by atoms with E-state index in [0.717, 1.165) is 17.1 Å². The standard InChI is InChI=1S/C18H19NO4/c1-12(2)23-15-6-4-14(5-7-15)18(20)19-10-13-3-8-16-17(9-13)22-11-21-16/h3-9,12H,10-11H2,1-2H3,(H,19,20). The maximum absolute atomic E-state index is 12.2. The molecule has 0 bridgehead atoms. The summed E-state index contributed by atoms with van der Waals surface area (Å²) < 4.78 is 16.2. The van der Waals surface area contributed by atoms with E-state index < -0.39 is 0 Å². The molecule has 2 aromatic rings. The second kappa shape index (κ2) is 6.60. The van der Waals surface area contributed by atoms with Crippen molar-refractivity contribution in [2.75, 3.05) is 6.79 Å². The van der Waals surface area contributed by atoms with E-state index in [1.54, 1.807) is 24.3 Å². The zero-order valence-electron chi connectivity index (χ0n) is 13.2. The van der Waals surface area contributed by atoms with Gasteiger partial charge in [-0.15, -0.1) is 0 Å². The Balaban J connectivity index is 1.58. The van der Waals surface area contributed by atoms with Gasteiger partial charge in [0.25, 0.3) is 5.91 Å². The molecule has 0 aromatic heterocycles. The molecule has 0 radical (unpaired) electrons. The molecule has 120 valence electrons. The fourth-order valence-corrected chi connectivity index (χ4v) is 2.29. The Morgan fingerprint density at radius 3 is 2.61 bits per heavy atom. The van der Waals surface area contributed by atoms with E-state index in [0.29, 0.717) is 17.9 Å². The van der Waals surface area contributed by atoms with Gasteiger partial charge in [0.1, 0.15) is 5.75 Å². The third-order valence-corrected chi connectivity index (χ3v) is 3.38. The molecule has 0 atom stereocenters. The van der Waals surface area contributed by atoms with E-state index in [4.69, 9.17) is 14.2 Å². The Labute approximate surface area is 135 Å². The lowest BCUT2D eigenvalue weighted by molar-refractivity contribution is 0.0951. The lowest BCUT2D eigenvalue weighted by Gasteiger charge is -2.10. The van der Waals surface area contributed by atoms with E-state index in [-0.39, 0.29) is 18.8 Å². The molecule has 1 aliphatic heterocycles. The third kappa shape index (κ3) is 3.74. The Morgan fingerprint density at radius 1 is 1.13 bits per heavy atom. The molecule has 0 aliphatic carbocycles. The number of amides is 1. The van der Waals surface area contributed by atoms with Crippen molar-refractivity contribution in [3.8, 4) is 17.2 Å². The summed E-state index contributed by atoms with van der Waals surface area (Å²) in [5, 5.41) is 2.89. The van der Waals surface area contributed by atoms with Crippen LogP contribution in [-0.4, -0.2) is 18.8 Å². The van der Waals surface area contributed by atoms with E-state index in [9.17, 15) is 4.79 Å². The monoisotopic (exact) mass is 313 g/mol. The van der Waals surface area contributed by atoms with Crippen LogP contribution in [0, 0.1) is 0 Å². The highest BCUT2D eigenvalue weighted by Gasteiger charge is 2.13. The molecule has 1 aliphatic rings. The van der Waals surface area contributed by atoms with Crippen LogP contribution in [-0.2, 0) is 6.54 Å². The summed E-state index contributed by atoms with van der Waals surface area (Å²) >= 11 is 0. The smallest absolute Gasteiger partial charge is 0.251 e. The number of nitrogens with one attached hydrogen (secondary N) is 1. The quantitative estimate of drug-likeness (QED) is 0.921. The van der Waals surface area contributed by atoms with Crippen molar-refractivity contribution in [1.82, 2.24) is 5.32 Å². The summed E-state index contributed by atoms with van der Waals surface area (Å²) in [6.45, 7) is 4.60. The fourth-order valence-electron chi connectivity index (χ4n) is 2.29. The number of ether oxygens (including phenoxy) is 3. The van der Waals surface area contributed by atoms with E-state index in [1.807, 2.05) is 32.0 Å². The van der Waals surface area contributed by atoms with Crippen molar-refractivity contribution >= 4 is 5.91 Å². The molecule has 0 unspecified atom stereocenters. The van der Waals surface area contributed by atoms with Crippen molar-refractivity contribution in [3.05, 3.63) is 53.6 Å².